The maximum absolute atomic E-state index is 4.95. The van der Waals surface area contributed by atoms with Crippen LogP contribution in [0.15, 0.2) is 24.3 Å². The van der Waals surface area contributed by atoms with E-state index in [9.17, 15) is 0 Å². The zero-order valence-corrected chi connectivity index (χ0v) is 9.57. The fourth-order valence-corrected chi connectivity index (χ4v) is 1.20. The molecule has 0 aliphatic carbocycles. The quantitative estimate of drug-likeness (QED) is 0.613. The van der Waals surface area contributed by atoms with Crippen LogP contribution in [0.5, 0.6) is 0 Å². The van der Waals surface area contributed by atoms with Gasteiger partial charge >= 0.3 is 0 Å². The first-order valence-corrected chi connectivity index (χ1v) is 4.95. The summed E-state index contributed by atoms with van der Waals surface area (Å²) >= 11 is 7.21. The van der Waals surface area contributed by atoms with Gasteiger partial charge in [0.1, 0.15) is 0 Å². The van der Waals surface area contributed by atoms with E-state index in [1.807, 2.05) is 24.3 Å². The first-order chi connectivity index (χ1) is 5.72. The van der Waals surface area contributed by atoms with Crippen LogP contribution in [-0.4, -0.2) is 12.2 Å². The second-order valence-corrected chi connectivity index (χ2v) is 3.86. The van der Waals surface area contributed by atoms with E-state index in [2.05, 4.69) is 33.2 Å². The van der Waals surface area contributed by atoms with Crippen molar-refractivity contribution in [2.24, 2.45) is 0 Å². The number of anilines is 1. The third kappa shape index (κ3) is 2.94. The lowest BCUT2D eigenvalue weighted by molar-refractivity contribution is 1.20. The van der Waals surface area contributed by atoms with Gasteiger partial charge in [-0.15, -0.1) is 0 Å². The first-order valence-electron chi connectivity index (χ1n) is 3.46. The molecule has 2 N–H and O–H groups in total. The van der Waals surface area contributed by atoms with E-state index in [-0.39, 0.29) is 0 Å². The van der Waals surface area contributed by atoms with E-state index in [0.717, 1.165) is 5.69 Å². The third-order valence-corrected chi connectivity index (χ3v) is 2.35. The maximum atomic E-state index is 4.95. The summed E-state index contributed by atoms with van der Waals surface area (Å²) in [5.41, 5.74) is 1.01. The van der Waals surface area contributed by atoms with E-state index in [0.29, 0.717) is 5.11 Å². The molecule has 1 aromatic carbocycles. The van der Waals surface area contributed by atoms with Crippen LogP contribution in [0.3, 0.4) is 0 Å². The number of nitrogens with one attached hydrogen (secondary N) is 2. The van der Waals surface area contributed by atoms with Gasteiger partial charge in [-0.3, -0.25) is 0 Å². The molecule has 0 aliphatic rings. The molecule has 0 radical (unpaired) electrons. The lowest BCUT2D eigenvalue weighted by atomic mass is 10.3. The molecule has 1 rings (SSSR count). The molecule has 0 amide bonds. The van der Waals surface area contributed by atoms with Gasteiger partial charge in [-0.1, -0.05) is 0 Å². The minimum Gasteiger partial charge on any atom is -0.366 e. The van der Waals surface area contributed by atoms with E-state index in [4.69, 9.17) is 12.2 Å². The van der Waals surface area contributed by atoms with Gasteiger partial charge in [-0.05, 0) is 59.1 Å². The highest BCUT2D eigenvalue weighted by Crippen LogP contribution is 2.10. The highest BCUT2D eigenvalue weighted by Gasteiger charge is 1.93. The van der Waals surface area contributed by atoms with Crippen LogP contribution < -0.4 is 10.6 Å². The van der Waals surface area contributed by atoms with Gasteiger partial charge < -0.3 is 10.6 Å². The molecular formula is C8H9IN2S. The summed E-state index contributed by atoms with van der Waals surface area (Å²) in [7, 11) is 1.79. The molecule has 0 bridgehead atoms. The Morgan fingerprint density at radius 1 is 1.33 bits per heavy atom. The average molecular weight is 292 g/mol. The van der Waals surface area contributed by atoms with Crippen LogP contribution in [0, 0.1) is 3.57 Å². The van der Waals surface area contributed by atoms with Crippen molar-refractivity contribution in [1.29, 1.82) is 0 Å². The van der Waals surface area contributed by atoms with Gasteiger partial charge in [-0.25, -0.2) is 0 Å². The lowest BCUT2D eigenvalue weighted by Gasteiger charge is -2.05. The Kier molecular flexibility index (Phi) is 3.74. The largest absolute Gasteiger partial charge is 0.366 e. The normalized spacial score (nSPS) is 9.17. The average Bonchev–Trinajstić information content (AvgIpc) is 2.09. The summed E-state index contributed by atoms with van der Waals surface area (Å²) in [6.45, 7) is 0. The van der Waals surface area contributed by atoms with Crippen LogP contribution in [0.1, 0.15) is 0 Å². The number of rotatable bonds is 1. The molecule has 0 aromatic heterocycles. The third-order valence-electron chi connectivity index (χ3n) is 1.33. The number of benzene rings is 1. The highest BCUT2D eigenvalue weighted by atomic mass is 127. The van der Waals surface area contributed by atoms with Crippen molar-refractivity contribution < 1.29 is 0 Å². The van der Waals surface area contributed by atoms with Gasteiger partial charge in [0.2, 0.25) is 0 Å². The molecule has 0 spiro atoms. The molecule has 0 saturated carbocycles. The van der Waals surface area contributed by atoms with E-state index in [1.54, 1.807) is 7.05 Å². The van der Waals surface area contributed by atoms with Gasteiger partial charge in [0.05, 0.1) is 0 Å². The molecule has 0 fully saturated rings. The Balaban J connectivity index is 2.64. The smallest absolute Gasteiger partial charge is 0.170 e. The summed E-state index contributed by atoms with van der Waals surface area (Å²) in [6, 6.07) is 8.04. The standard InChI is InChI=1S/C8H9IN2S/c1-10-8(12)11-7-4-2-6(9)3-5-7/h2-5H,1H3,(H2,10,11,12). The molecule has 0 aliphatic heterocycles. The van der Waals surface area contributed by atoms with Gasteiger partial charge in [-0.2, -0.15) is 0 Å². The minimum absolute atomic E-state index is 0.635. The molecule has 0 heterocycles. The summed E-state index contributed by atoms with van der Waals surface area (Å²) in [6.07, 6.45) is 0. The number of thiocarbonyl (C=S) groups is 1. The van der Waals surface area contributed by atoms with Gasteiger partial charge in [0, 0.05) is 16.3 Å². The Bertz CT molecular complexity index is 271. The summed E-state index contributed by atoms with van der Waals surface area (Å²) in [5, 5.41) is 6.52. The monoisotopic (exact) mass is 292 g/mol. The Hall–Kier alpha value is -0.360. The molecule has 2 nitrogen and oxygen atoms in total. The first kappa shape index (κ1) is 9.73. The summed E-state index contributed by atoms with van der Waals surface area (Å²) < 4.78 is 1.22. The van der Waals surface area contributed by atoms with Crippen LogP contribution in [0.2, 0.25) is 0 Å². The topological polar surface area (TPSA) is 24.1 Å². The molecule has 12 heavy (non-hydrogen) atoms. The van der Waals surface area contributed by atoms with Gasteiger partial charge in [0.15, 0.2) is 5.11 Å². The molecular weight excluding hydrogens is 283 g/mol. The molecule has 64 valence electrons. The van der Waals surface area contributed by atoms with E-state index < -0.39 is 0 Å². The predicted octanol–water partition coefficient (Wildman–Crippen LogP) is 2.21. The van der Waals surface area contributed by atoms with Crippen LogP contribution in [-0.2, 0) is 0 Å². The van der Waals surface area contributed by atoms with Crippen molar-refractivity contribution in [3.8, 4) is 0 Å². The Morgan fingerprint density at radius 3 is 2.42 bits per heavy atom. The molecule has 0 unspecified atom stereocenters. The summed E-state index contributed by atoms with van der Waals surface area (Å²) in [5.74, 6) is 0. The number of halogens is 1. The highest BCUT2D eigenvalue weighted by molar-refractivity contribution is 14.1. The van der Waals surface area contributed by atoms with Crippen LogP contribution in [0.4, 0.5) is 5.69 Å². The van der Waals surface area contributed by atoms with E-state index in [1.165, 1.54) is 3.57 Å². The Morgan fingerprint density at radius 2 is 1.92 bits per heavy atom. The fourth-order valence-electron chi connectivity index (χ4n) is 0.727. The Labute approximate surface area is 90.9 Å². The number of hydrogen-bond donors (Lipinski definition) is 2. The van der Waals surface area contributed by atoms with Crippen molar-refractivity contribution in [3.63, 3.8) is 0 Å². The van der Waals surface area contributed by atoms with E-state index >= 15 is 0 Å². The summed E-state index contributed by atoms with van der Waals surface area (Å²) in [4.78, 5) is 0. The van der Waals surface area contributed by atoms with Crippen molar-refractivity contribution in [1.82, 2.24) is 5.32 Å². The van der Waals surface area contributed by atoms with Crippen molar-refractivity contribution in [3.05, 3.63) is 27.8 Å². The lowest BCUT2D eigenvalue weighted by Crippen LogP contribution is -2.23. The minimum atomic E-state index is 0.635. The van der Waals surface area contributed by atoms with Crippen molar-refractivity contribution >= 4 is 45.6 Å². The molecule has 1 aromatic rings. The van der Waals surface area contributed by atoms with Gasteiger partial charge in [0.25, 0.3) is 0 Å². The van der Waals surface area contributed by atoms with Crippen molar-refractivity contribution in [2.45, 2.75) is 0 Å². The predicted molar refractivity (Wildman–Crippen MR) is 64.4 cm³/mol. The van der Waals surface area contributed by atoms with Crippen LogP contribution in [0.25, 0.3) is 0 Å². The molecule has 0 saturated heterocycles. The second-order valence-electron chi connectivity index (χ2n) is 2.21. The zero-order valence-electron chi connectivity index (χ0n) is 6.60. The second kappa shape index (κ2) is 4.61. The molecule has 4 heteroatoms. The zero-order chi connectivity index (χ0) is 8.97. The SMILES string of the molecule is CNC(=S)Nc1ccc(I)cc1. The maximum Gasteiger partial charge on any atom is 0.170 e. The van der Waals surface area contributed by atoms with Crippen molar-refractivity contribution in [2.75, 3.05) is 12.4 Å². The molecule has 0 atom stereocenters. The van der Waals surface area contributed by atoms with Crippen LogP contribution >= 0.6 is 34.8 Å². The fraction of sp³-hybridized carbons (Fsp3) is 0.125. The number of hydrogen-bond acceptors (Lipinski definition) is 1.